The molecule has 3 rings (SSSR count). The molecule has 0 unspecified atom stereocenters. The van der Waals surface area contributed by atoms with Gasteiger partial charge >= 0.3 is 5.97 Å². The lowest BCUT2D eigenvalue weighted by atomic mass is 10.1. The van der Waals surface area contributed by atoms with Gasteiger partial charge in [0.05, 0.1) is 13.5 Å². The van der Waals surface area contributed by atoms with Crippen molar-refractivity contribution < 1.29 is 19.0 Å². The standard InChI is InChI=1S/C13H13NO4/c1-16-12(15)4-8-6-14-11-3-2-9(5-10(8)11)18-13-7-17-13/h2-3,5-6,13-14H,4,7H2,1H3/t13-/m0/s1. The Balaban J connectivity index is 1.91. The van der Waals surface area contributed by atoms with Crippen LogP contribution in [0.3, 0.4) is 0 Å². The molecule has 5 nitrogen and oxygen atoms in total. The predicted molar refractivity (Wildman–Crippen MR) is 64.4 cm³/mol. The van der Waals surface area contributed by atoms with Gasteiger partial charge in [-0.25, -0.2) is 0 Å². The fraction of sp³-hybridized carbons (Fsp3) is 0.308. The first-order valence-electron chi connectivity index (χ1n) is 5.71. The van der Waals surface area contributed by atoms with Crippen molar-refractivity contribution in [1.82, 2.24) is 4.98 Å². The Morgan fingerprint density at radius 2 is 2.39 bits per heavy atom. The summed E-state index contributed by atoms with van der Waals surface area (Å²) in [7, 11) is 1.39. The van der Waals surface area contributed by atoms with Crippen LogP contribution in [0.5, 0.6) is 5.75 Å². The van der Waals surface area contributed by atoms with Crippen molar-refractivity contribution in [3.05, 3.63) is 30.0 Å². The van der Waals surface area contributed by atoms with Gasteiger partial charge in [-0.15, -0.1) is 0 Å². The summed E-state index contributed by atoms with van der Waals surface area (Å²) < 4.78 is 15.2. The first-order valence-corrected chi connectivity index (χ1v) is 5.71. The highest BCUT2D eigenvalue weighted by Crippen LogP contribution is 2.26. The minimum absolute atomic E-state index is 0.120. The summed E-state index contributed by atoms with van der Waals surface area (Å²) in [5.41, 5.74) is 1.87. The number of H-pyrrole nitrogens is 1. The van der Waals surface area contributed by atoms with Crippen LogP contribution < -0.4 is 4.74 Å². The third-order valence-corrected chi connectivity index (χ3v) is 2.87. The summed E-state index contributed by atoms with van der Waals surface area (Å²) in [5, 5.41) is 0.971. The van der Waals surface area contributed by atoms with E-state index in [-0.39, 0.29) is 18.7 Å². The van der Waals surface area contributed by atoms with Gasteiger partial charge in [0, 0.05) is 17.1 Å². The van der Waals surface area contributed by atoms with Crippen LogP contribution in [0.1, 0.15) is 5.56 Å². The molecule has 0 amide bonds. The number of esters is 1. The number of ether oxygens (including phenoxy) is 3. The van der Waals surface area contributed by atoms with Crippen LogP contribution in [0.2, 0.25) is 0 Å². The van der Waals surface area contributed by atoms with Crippen molar-refractivity contribution in [1.29, 1.82) is 0 Å². The van der Waals surface area contributed by atoms with Gasteiger partial charge in [-0.3, -0.25) is 4.79 Å². The number of hydrogen-bond donors (Lipinski definition) is 1. The average Bonchev–Trinajstić information content (AvgIpc) is 3.11. The zero-order chi connectivity index (χ0) is 12.5. The zero-order valence-electron chi connectivity index (χ0n) is 9.93. The second kappa shape index (κ2) is 4.34. The minimum Gasteiger partial charge on any atom is -0.469 e. The van der Waals surface area contributed by atoms with E-state index in [0.29, 0.717) is 6.61 Å². The third-order valence-electron chi connectivity index (χ3n) is 2.87. The van der Waals surface area contributed by atoms with Gasteiger partial charge in [0.25, 0.3) is 0 Å². The fourth-order valence-corrected chi connectivity index (χ4v) is 1.86. The van der Waals surface area contributed by atoms with Crippen molar-refractivity contribution in [2.75, 3.05) is 13.7 Å². The fourth-order valence-electron chi connectivity index (χ4n) is 1.86. The van der Waals surface area contributed by atoms with E-state index in [9.17, 15) is 4.79 Å². The molecular formula is C13H13NO4. The predicted octanol–water partition coefficient (Wildman–Crippen LogP) is 1.62. The lowest BCUT2D eigenvalue weighted by molar-refractivity contribution is -0.139. The molecule has 0 saturated carbocycles. The molecule has 1 fully saturated rings. The second-order valence-electron chi connectivity index (χ2n) is 4.15. The highest BCUT2D eigenvalue weighted by molar-refractivity contribution is 5.88. The molecule has 2 heterocycles. The molecule has 1 atom stereocenters. The number of aromatic amines is 1. The van der Waals surface area contributed by atoms with Crippen molar-refractivity contribution in [2.24, 2.45) is 0 Å². The molecule has 18 heavy (non-hydrogen) atoms. The van der Waals surface area contributed by atoms with Gasteiger partial charge in [0.15, 0.2) is 0 Å². The molecule has 1 aromatic heterocycles. The largest absolute Gasteiger partial charge is 0.469 e. The van der Waals surface area contributed by atoms with E-state index in [1.54, 1.807) is 0 Å². The maximum absolute atomic E-state index is 11.3. The summed E-state index contributed by atoms with van der Waals surface area (Å²) in [6, 6.07) is 5.71. The summed E-state index contributed by atoms with van der Waals surface area (Å²) >= 11 is 0. The second-order valence-corrected chi connectivity index (χ2v) is 4.15. The molecule has 1 N–H and O–H groups in total. The summed E-state index contributed by atoms with van der Waals surface area (Å²) in [6.45, 7) is 0.639. The van der Waals surface area contributed by atoms with E-state index in [1.165, 1.54) is 7.11 Å². The summed E-state index contributed by atoms with van der Waals surface area (Å²) in [4.78, 5) is 14.4. The van der Waals surface area contributed by atoms with E-state index < -0.39 is 0 Å². The van der Waals surface area contributed by atoms with E-state index >= 15 is 0 Å². The molecule has 1 aromatic carbocycles. The molecule has 1 saturated heterocycles. The van der Waals surface area contributed by atoms with Gasteiger partial charge in [-0.1, -0.05) is 0 Å². The van der Waals surface area contributed by atoms with Crippen LogP contribution in [0, 0.1) is 0 Å². The Bertz CT molecular complexity index is 586. The number of nitrogens with one attached hydrogen (secondary N) is 1. The molecule has 0 spiro atoms. The monoisotopic (exact) mass is 247 g/mol. The molecule has 1 aliphatic rings. The Morgan fingerprint density at radius 3 is 3.11 bits per heavy atom. The van der Waals surface area contributed by atoms with Crippen molar-refractivity contribution in [3.8, 4) is 5.75 Å². The molecular weight excluding hydrogens is 234 g/mol. The van der Waals surface area contributed by atoms with Gasteiger partial charge in [-0.2, -0.15) is 0 Å². The Labute approximate surface area is 104 Å². The smallest absolute Gasteiger partial charge is 0.310 e. The average molecular weight is 247 g/mol. The SMILES string of the molecule is COC(=O)Cc1c[nH]c2ccc(O[C@H]3CO3)cc12. The number of hydrogen-bond acceptors (Lipinski definition) is 4. The number of fused-ring (bicyclic) bond motifs is 1. The number of rotatable bonds is 4. The van der Waals surface area contributed by atoms with Crippen LogP contribution in [0.25, 0.3) is 10.9 Å². The third kappa shape index (κ3) is 2.17. The van der Waals surface area contributed by atoms with Crippen LogP contribution in [0.15, 0.2) is 24.4 Å². The van der Waals surface area contributed by atoms with Gasteiger partial charge in [0.1, 0.15) is 12.4 Å². The molecule has 1 aliphatic heterocycles. The maximum Gasteiger partial charge on any atom is 0.310 e. The lowest BCUT2D eigenvalue weighted by Gasteiger charge is -2.03. The number of benzene rings is 1. The van der Waals surface area contributed by atoms with Crippen LogP contribution >= 0.6 is 0 Å². The van der Waals surface area contributed by atoms with Crippen LogP contribution in [-0.4, -0.2) is 31.0 Å². The van der Waals surface area contributed by atoms with Crippen molar-refractivity contribution in [3.63, 3.8) is 0 Å². The van der Waals surface area contributed by atoms with Gasteiger partial charge < -0.3 is 19.2 Å². The topological polar surface area (TPSA) is 63.9 Å². The number of carbonyl (C=O) groups excluding carboxylic acids is 1. The molecule has 5 heteroatoms. The molecule has 0 aliphatic carbocycles. The highest BCUT2D eigenvalue weighted by atomic mass is 16.8. The number of epoxide rings is 1. The number of aromatic nitrogens is 1. The molecule has 94 valence electrons. The van der Waals surface area contributed by atoms with Crippen LogP contribution in [-0.2, 0) is 20.7 Å². The quantitative estimate of drug-likeness (QED) is 0.658. The summed E-state index contributed by atoms with van der Waals surface area (Å²) in [6.07, 6.45) is 1.95. The van der Waals surface area contributed by atoms with E-state index in [2.05, 4.69) is 9.72 Å². The van der Waals surface area contributed by atoms with E-state index in [4.69, 9.17) is 9.47 Å². The van der Waals surface area contributed by atoms with E-state index in [0.717, 1.165) is 22.2 Å². The molecule has 2 aromatic rings. The Kier molecular flexibility index (Phi) is 2.68. The number of carbonyl (C=O) groups is 1. The van der Waals surface area contributed by atoms with Gasteiger partial charge in [0.2, 0.25) is 6.29 Å². The highest BCUT2D eigenvalue weighted by Gasteiger charge is 2.24. The van der Waals surface area contributed by atoms with Crippen molar-refractivity contribution in [2.45, 2.75) is 12.7 Å². The first-order chi connectivity index (χ1) is 8.76. The van der Waals surface area contributed by atoms with Gasteiger partial charge in [-0.05, 0) is 23.8 Å². The number of methoxy groups -OCH3 is 1. The Hall–Kier alpha value is -2.01. The summed E-state index contributed by atoms with van der Waals surface area (Å²) in [5.74, 6) is 0.489. The van der Waals surface area contributed by atoms with Crippen molar-refractivity contribution >= 4 is 16.9 Å². The lowest BCUT2D eigenvalue weighted by Crippen LogP contribution is -2.03. The molecule has 0 bridgehead atoms. The minimum atomic E-state index is -0.257. The van der Waals surface area contributed by atoms with Crippen LogP contribution in [0.4, 0.5) is 0 Å². The zero-order valence-corrected chi connectivity index (χ0v) is 9.93. The normalized spacial score (nSPS) is 17.7. The maximum atomic E-state index is 11.3. The Morgan fingerprint density at radius 1 is 1.56 bits per heavy atom. The van der Waals surface area contributed by atoms with E-state index in [1.807, 2.05) is 24.4 Å². The molecule has 0 radical (unpaired) electrons. The first kappa shape index (κ1) is 11.1.